The Morgan fingerprint density at radius 1 is 1.14 bits per heavy atom. The van der Waals surface area contributed by atoms with Crippen LogP contribution in [-0.4, -0.2) is 5.91 Å². The molecule has 22 heavy (non-hydrogen) atoms. The van der Waals surface area contributed by atoms with Gasteiger partial charge in [0.1, 0.15) is 0 Å². The summed E-state index contributed by atoms with van der Waals surface area (Å²) in [7, 11) is 0. The molecule has 0 aliphatic rings. The highest BCUT2D eigenvalue weighted by atomic mass is 127. The van der Waals surface area contributed by atoms with Crippen LogP contribution >= 0.6 is 22.6 Å². The molecule has 0 radical (unpaired) electrons. The Hall–Kier alpha value is -2.08. The maximum Gasteiger partial charge on any atom is 0.416 e. The van der Waals surface area contributed by atoms with E-state index in [0.717, 1.165) is 12.1 Å². The molecular weight excluding hydrogens is 408 g/mol. The largest absolute Gasteiger partial charge is 0.416 e. The molecule has 3 nitrogen and oxygen atoms in total. The van der Waals surface area contributed by atoms with Crippen LogP contribution in [0.15, 0.2) is 42.5 Å². The van der Waals surface area contributed by atoms with E-state index in [0.29, 0.717) is 9.13 Å². The van der Waals surface area contributed by atoms with E-state index in [-0.39, 0.29) is 11.3 Å². The number of hydrogen-bond donors (Lipinski definition) is 1. The van der Waals surface area contributed by atoms with Gasteiger partial charge in [-0.15, -0.1) is 0 Å². The van der Waals surface area contributed by atoms with Crippen LogP contribution in [0.5, 0.6) is 0 Å². The lowest BCUT2D eigenvalue weighted by atomic mass is 10.1. The molecule has 112 valence electrons. The lowest BCUT2D eigenvalue weighted by molar-refractivity contribution is -0.137. The van der Waals surface area contributed by atoms with Gasteiger partial charge in [-0.05, 0) is 65.1 Å². The number of rotatable bonds is 2. The fourth-order valence-corrected chi connectivity index (χ4v) is 2.16. The van der Waals surface area contributed by atoms with Gasteiger partial charge < -0.3 is 5.32 Å². The SMILES string of the molecule is N#Cc1ccc(C(=O)Nc2cc(C(F)(F)F)ccc2I)cc1. The Balaban J connectivity index is 2.26. The smallest absolute Gasteiger partial charge is 0.321 e. The lowest BCUT2D eigenvalue weighted by Crippen LogP contribution is -2.14. The van der Waals surface area contributed by atoms with Crippen molar-refractivity contribution in [2.45, 2.75) is 6.18 Å². The van der Waals surface area contributed by atoms with Gasteiger partial charge in [0.25, 0.3) is 5.91 Å². The molecule has 0 heterocycles. The second kappa shape index (κ2) is 6.36. The fourth-order valence-electron chi connectivity index (χ4n) is 1.69. The quantitative estimate of drug-likeness (QED) is 0.737. The van der Waals surface area contributed by atoms with Gasteiger partial charge in [0.2, 0.25) is 0 Å². The van der Waals surface area contributed by atoms with E-state index in [1.54, 1.807) is 0 Å². The Morgan fingerprint density at radius 2 is 1.77 bits per heavy atom. The van der Waals surface area contributed by atoms with E-state index >= 15 is 0 Å². The van der Waals surface area contributed by atoms with Crippen LogP contribution in [-0.2, 0) is 6.18 Å². The summed E-state index contributed by atoms with van der Waals surface area (Å²) in [4.78, 5) is 12.0. The standard InChI is InChI=1S/C15H8F3IN2O/c16-15(17,18)11-5-6-12(19)13(7-11)21-14(22)10-3-1-9(8-20)2-4-10/h1-7H,(H,21,22). The van der Waals surface area contributed by atoms with Crippen molar-refractivity contribution in [2.75, 3.05) is 5.32 Å². The molecule has 2 aromatic carbocycles. The summed E-state index contributed by atoms with van der Waals surface area (Å²) >= 11 is 1.84. The summed E-state index contributed by atoms with van der Waals surface area (Å²) < 4.78 is 38.6. The minimum absolute atomic E-state index is 0.0878. The first-order valence-corrected chi connectivity index (χ1v) is 7.07. The zero-order valence-corrected chi connectivity index (χ0v) is 13.1. The first-order valence-electron chi connectivity index (χ1n) is 5.99. The molecule has 1 N–H and O–H groups in total. The molecule has 0 aliphatic carbocycles. The molecule has 2 aromatic rings. The lowest BCUT2D eigenvalue weighted by Gasteiger charge is -2.12. The predicted octanol–water partition coefficient (Wildman–Crippen LogP) is 4.43. The maximum absolute atomic E-state index is 12.7. The number of nitrogens with zero attached hydrogens (tertiary/aromatic N) is 1. The van der Waals surface area contributed by atoms with Gasteiger partial charge in [-0.2, -0.15) is 18.4 Å². The predicted molar refractivity (Wildman–Crippen MR) is 83.3 cm³/mol. The average Bonchev–Trinajstić information content (AvgIpc) is 2.48. The third kappa shape index (κ3) is 3.76. The number of anilines is 1. The van der Waals surface area contributed by atoms with Crippen LogP contribution in [0.1, 0.15) is 21.5 Å². The van der Waals surface area contributed by atoms with E-state index in [9.17, 15) is 18.0 Å². The second-order valence-electron chi connectivity index (χ2n) is 4.34. The van der Waals surface area contributed by atoms with Crippen molar-refractivity contribution in [2.24, 2.45) is 0 Å². The second-order valence-corrected chi connectivity index (χ2v) is 5.50. The van der Waals surface area contributed by atoms with Gasteiger partial charge in [0.05, 0.1) is 22.9 Å². The van der Waals surface area contributed by atoms with Crippen molar-refractivity contribution in [1.82, 2.24) is 0 Å². The van der Waals surface area contributed by atoms with Crippen molar-refractivity contribution in [3.05, 3.63) is 62.7 Å². The molecule has 0 spiro atoms. The van der Waals surface area contributed by atoms with E-state index < -0.39 is 17.6 Å². The number of nitriles is 1. The Kier molecular flexibility index (Phi) is 4.71. The molecule has 0 saturated heterocycles. The Morgan fingerprint density at radius 3 is 2.32 bits per heavy atom. The highest BCUT2D eigenvalue weighted by Gasteiger charge is 2.31. The zero-order chi connectivity index (χ0) is 16.3. The molecule has 0 aromatic heterocycles. The van der Waals surface area contributed by atoms with E-state index in [1.165, 1.54) is 30.3 Å². The number of carbonyl (C=O) groups is 1. The van der Waals surface area contributed by atoms with E-state index in [1.807, 2.05) is 28.7 Å². The van der Waals surface area contributed by atoms with Crippen LogP contribution in [0.4, 0.5) is 18.9 Å². The number of alkyl halides is 3. The summed E-state index contributed by atoms with van der Waals surface area (Å²) in [6.45, 7) is 0. The van der Waals surface area contributed by atoms with Crippen LogP contribution in [0.3, 0.4) is 0 Å². The van der Waals surface area contributed by atoms with Crippen molar-refractivity contribution in [3.8, 4) is 6.07 Å². The van der Waals surface area contributed by atoms with Crippen molar-refractivity contribution in [3.63, 3.8) is 0 Å². The van der Waals surface area contributed by atoms with Gasteiger partial charge in [-0.3, -0.25) is 4.79 Å². The van der Waals surface area contributed by atoms with E-state index in [4.69, 9.17) is 5.26 Å². The number of halogens is 4. The van der Waals surface area contributed by atoms with Gasteiger partial charge in [-0.25, -0.2) is 0 Å². The van der Waals surface area contributed by atoms with Gasteiger partial charge in [0.15, 0.2) is 0 Å². The molecule has 0 saturated carbocycles. The van der Waals surface area contributed by atoms with Crippen molar-refractivity contribution < 1.29 is 18.0 Å². The zero-order valence-electron chi connectivity index (χ0n) is 10.9. The molecular formula is C15H8F3IN2O. The average molecular weight is 416 g/mol. The van der Waals surface area contributed by atoms with Crippen LogP contribution in [0, 0.1) is 14.9 Å². The molecule has 1 amide bonds. The number of nitrogens with one attached hydrogen (secondary N) is 1. The summed E-state index contributed by atoms with van der Waals surface area (Å²) in [6.07, 6.45) is -4.47. The summed E-state index contributed by atoms with van der Waals surface area (Å²) in [5.74, 6) is -0.540. The van der Waals surface area contributed by atoms with Gasteiger partial charge >= 0.3 is 6.18 Å². The van der Waals surface area contributed by atoms with E-state index in [2.05, 4.69) is 5.32 Å². The third-order valence-corrected chi connectivity index (χ3v) is 3.76. The maximum atomic E-state index is 12.7. The van der Waals surface area contributed by atoms with Crippen molar-refractivity contribution >= 4 is 34.2 Å². The highest BCUT2D eigenvalue weighted by Crippen LogP contribution is 2.32. The minimum atomic E-state index is -4.47. The number of carbonyl (C=O) groups excluding carboxylic acids is 1. The Bertz CT molecular complexity index is 749. The van der Waals surface area contributed by atoms with Crippen LogP contribution < -0.4 is 5.32 Å². The normalized spacial score (nSPS) is 10.9. The minimum Gasteiger partial charge on any atom is -0.321 e. The van der Waals surface area contributed by atoms with Gasteiger partial charge in [-0.1, -0.05) is 0 Å². The number of amides is 1. The van der Waals surface area contributed by atoms with Crippen LogP contribution in [0.25, 0.3) is 0 Å². The molecule has 7 heteroatoms. The molecule has 0 unspecified atom stereocenters. The summed E-state index contributed by atoms with van der Waals surface area (Å²) in [6, 6.07) is 10.9. The number of benzene rings is 2. The molecule has 0 bridgehead atoms. The summed E-state index contributed by atoms with van der Waals surface area (Å²) in [5, 5.41) is 11.1. The highest BCUT2D eigenvalue weighted by molar-refractivity contribution is 14.1. The first kappa shape index (κ1) is 16.3. The third-order valence-electron chi connectivity index (χ3n) is 2.82. The first-order chi connectivity index (χ1) is 10.3. The summed E-state index contributed by atoms with van der Waals surface area (Å²) in [5.41, 5.74) is -0.0924. The molecule has 0 aliphatic heterocycles. The molecule has 0 fully saturated rings. The molecule has 0 atom stereocenters. The van der Waals surface area contributed by atoms with Crippen LogP contribution in [0.2, 0.25) is 0 Å². The number of hydrogen-bond acceptors (Lipinski definition) is 2. The topological polar surface area (TPSA) is 52.9 Å². The monoisotopic (exact) mass is 416 g/mol. The van der Waals surface area contributed by atoms with Gasteiger partial charge in [0, 0.05) is 9.13 Å². The molecule has 2 rings (SSSR count). The van der Waals surface area contributed by atoms with Crippen molar-refractivity contribution in [1.29, 1.82) is 5.26 Å². The Labute approximate surface area is 137 Å². The fraction of sp³-hybridized carbons (Fsp3) is 0.0667.